The van der Waals surface area contributed by atoms with Crippen molar-refractivity contribution in [2.75, 3.05) is 19.6 Å². The lowest BCUT2D eigenvalue weighted by Gasteiger charge is -2.26. The fraction of sp³-hybridized carbons (Fsp3) is 0.455. The lowest BCUT2D eigenvalue weighted by molar-refractivity contribution is -0.132. The zero-order valence-corrected chi connectivity index (χ0v) is 16.3. The first-order chi connectivity index (χ1) is 13.7. The van der Waals surface area contributed by atoms with Crippen molar-refractivity contribution in [1.29, 1.82) is 0 Å². The summed E-state index contributed by atoms with van der Waals surface area (Å²) in [6.07, 6.45) is 5.53. The molecular weight excluding hydrogens is 352 g/mol. The van der Waals surface area contributed by atoms with Crippen LogP contribution in [-0.4, -0.2) is 51.2 Å². The van der Waals surface area contributed by atoms with Crippen LogP contribution in [0.3, 0.4) is 0 Å². The topological polar surface area (TPSA) is 66.4 Å². The number of aromatic nitrogens is 2. The van der Waals surface area contributed by atoms with Gasteiger partial charge in [0.2, 0.25) is 5.91 Å². The Kier molecular flexibility index (Phi) is 5.37. The van der Waals surface area contributed by atoms with E-state index in [1.54, 1.807) is 16.0 Å². The number of rotatable bonds is 6. The summed E-state index contributed by atoms with van der Waals surface area (Å²) < 4.78 is 0. The molecule has 1 aromatic heterocycles. The van der Waals surface area contributed by atoms with Crippen LogP contribution in [0.4, 0.5) is 0 Å². The lowest BCUT2D eigenvalue weighted by Crippen LogP contribution is -2.42. The highest BCUT2D eigenvalue weighted by molar-refractivity contribution is 5.97. The van der Waals surface area contributed by atoms with Crippen LogP contribution >= 0.6 is 0 Å². The summed E-state index contributed by atoms with van der Waals surface area (Å²) in [5.41, 5.74) is 2.49. The minimum atomic E-state index is -0.126. The van der Waals surface area contributed by atoms with Gasteiger partial charge in [0.05, 0.1) is 11.3 Å². The summed E-state index contributed by atoms with van der Waals surface area (Å²) in [5, 5.41) is 0. The third kappa shape index (κ3) is 4.06. The van der Waals surface area contributed by atoms with Crippen molar-refractivity contribution >= 4 is 11.8 Å². The summed E-state index contributed by atoms with van der Waals surface area (Å²) in [7, 11) is 0. The Bertz CT molecular complexity index is 864. The SMILES string of the molecule is CCN(Cc1ccccc1)C(=O)CN1CCCc2nc(C3CC3)ncc2C1=O. The van der Waals surface area contributed by atoms with Gasteiger partial charge in [0.15, 0.2) is 0 Å². The average Bonchev–Trinajstić information content (AvgIpc) is 3.57. The fourth-order valence-corrected chi connectivity index (χ4v) is 3.64. The Hall–Kier alpha value is -2.76. The van der Waals surface area contributed by atoms with Crippen LogP contribution < -0.4 is 0 Å². The van der Waals surface area contributed by atoms with Crippen LogP contribution in [-0.2, 0) is 17.8 Å². The summed E-state index contributed by atoms with van der Waals surface area (Å²) in [6.45, 7) is 3.81. The Morgan fingerprint density at radius 2 is 2.04 bits per heavy atom. The summed E-state index contributed by atoms with van der Waals surface area (Å²) in [4.78, 5) is 38.4. The molecule has 2 aliphatic rings. The highest BCUT2D eigenvalue weighted by Gasteiger charge is 2.30. The second-order valence-electron chi connectivity index (χ2n) is 7.59. The van der Waals surface area contributed by atoms with E-state index in [9.17, 15) is 9.59 Å². The Morgan fingerprint density at radius 1 is 1.25 bits per heavy atom. The molecule has 0 atom stereocenters. The van der Waals surface area contributed by atoms with Crippen molar-refractivity contribution in [2.45, 2.75) is 45.1 Å². The molecule has 2 heterocycles. The predicted molar refractivity (Wildman–Crippen MR) is 106 cm³/mol. The average molecular weight is 378 g/mol. The van der Waals surface area contributed by atoms with Crippen molar-refractivity contribution in [1.82, 2.24) is 19.8 Å². The lowest BCUT2D eigenvalue weighted by atomic mass is 10.1. The smallest absolute Gasteiger partial charge is 0.257 e. The molecule has 0 radical (unpaired) electrons. The van der Waals surface area contributed by atoms with Crippen molar-refractivity contribution in [2.24, 2.45) is 0 Å². The number of benzene rings is 1. The first kappa shape index (κ1) is 18.6. The standard InChI is InChI=1S/C22H26N4O2/c1-2-25(14-16-7-4-3-5-8-16)20(27)15-26-12-6-9-19-18(22(26)28)13-23-21(24-19)17-10-11-17/h3-5,7-8,13,17H,2,6,9-12,14-15H2,1H3. The van der Waals surface area contributed by atoms with E-state index < -0.39 is 0 Å². The molecule has 2 aromatic rings. The number of carbonyl (C=O) groups excluding carboxylic acids is 2. The maximum Gasteiger partial charge on any atom is 0.257 e. The molecule has 6 nitrogen and oxygen atoms in total. The van der Waals surface area contributed by atoms with E-state index in [1.165, 1.54) is 0 Å². The van der Waals surface area contributed by atoms with Gasteiger partial charge in [-0.15, -0.1) is 0 Å². The van der Waals surface area contributed by atoms with E-state index in [4.69, 9.17) is 0 Å². The summed E-state index contributed by atoms with van der Waals surface area (Å²) in [5.74, 6) is 1.19. The molecule has 1 fully saturated rings. The molecule has 1 aliphatic carbocycles. The number of carbonyl (C=O) groups is 2. The molecule has 0 bridgehead atoms. The third-order valence-electron chi connectivity index (χ3n) is 5.46. The quantitative estimate of drug-likeness (QED) is 0.775. The molecule has 2 amide bonds. The number of amides is 2. The minimum Gasteiger partial charge on any atom is -0.337 e. The largest absolute Gasteiger partial charge is 0.337 e. The van der Waals surface area contributed by atoms with Crippen LogP contribution in [0.15, 0.2) is 36.5 Å². The van der Waals surface area contributed by atoms with Gasteiger partial charge in [0, 0.05) is 31.7 Å². The molecule has 1 saturated carbocycles. The molecule has 0 N–H and O–H groups in total. The van der Waals surface area contributed by atoms with Crippen LogP contribution in [0.5, 0.6) is 0 Å². The van der Waals surface area contributed by atoms with Crippen molar-refractivity contribution < 1.29 is 9.59 Å². The zero-order chi connectivity index (χ0) is 19.5. The van der Waals surface area contributed by atoms with Crippen molar-refractivity contribution in [3.8, 4) is 0 Å². The van der Waals surface area contributed by atoms with Crippen molar-refractivity contribution in [3.63, 3.8) is 0 Å². The van der Waals surface area contributed by atoms with Gasteiger partial charge in [-0.25, -0.2) is 9.97 Å². The Morgan fingerprint density at radius 3 is 2.75 bits per heavy atom. The molecule has 0 unspecified atom stereocenters. The number of hydrogen-bond donors (Lipinski definition) is 0. The van der Waals surface area contributed by atoms with Crippen LogP contribution in [0, 0.1) is 0 Å². The minimum absolute atomic E-state index is 0.0290. The molecule has 4 rings (SSSR count). The van der Waals surface area contributed by atoms with Crippen LogP contribution in [0.1, 0.15) is 59.5 Å². The molecule has 146 valence electrons. The third-order valence-corrected chi connectivity index (χ3v) is 5.46. The van der Waals surface area contributed by atoms with Gasteiger partial charge >= 0.3 is 0 Å². The van der Waals surface area contributed by atoms with Gasteiger partial charge in [-0.05, 0) is 38.2 Å². The van der Waals surface area contributed by atoms with E-state index in [1.807, 2.05) is 37.3 Å². The fourth-order valence-electron chi connectivity index (χ4n) is 3.64. The maximum absolute atomic E-state index is 13.0. The van der Waals surface area contributed by atoms with Crippen LogP contribution in [0.2, 0.25) is 0 Å². The number of likely N-dealkylation sites (N-methyl/N-ethyl adjacent to an activating group) is 1. The molecule has 28 heavy (non-hydrogen) atoms. The number of hydrogen-bond acceptors (Lipinski definition) is 4. The van der Waals surface area contributed by atoms with Crippen molar-refractivity contribution in [3.05, 3.63) is 59.2 Å². The van der Waals surface area contributed by atoms with Gasteiger partial charge in [-0.3, -0.25) is 9.59 Å². The first-order valence-electron chi connectivity index (χ1n) is 10.1. The monoisotopic (exact) mass is 378 g/mol. The van der Waals surface area contributed by atoms with Gasteiger partial charge in [0.25, 0.3) is 5.91 Å². The molecule has 6 heteroatoms. The maximum atomic E-state index is 13.0. The van der Waals surface area contributed by atoms with E-state index in [2.05, 4.69) is 9.97 Å². The summed E-state index contributed by atoms with van der Waals surface area (Å²) in [6, 6.07) is 9.93. The molecule has 0 spiro atoms. The predicted octanol–water partition coefficient (Wildman–Crippen LogP) is 2.79. The van der Waals surface area contributed by atoms with E-state index in [-0.39, 0.29) is 18.4 Å². The van der Waals surface area contributed by atoms with Gasteiger partial charge in [0.1, 0.15) is 12.4 Å². The van der Waals surface area contributed by atoms with Crippen LogP contribution in [0.25, 0.3) is 0 Å². The van der Waals surface area contributed by atoms with Gasteiger partial charge < -0.3 is 9.80 Å². The highest BCUT2D eigenvalue weighted by atomic mass is 16.2. The number of fused-ring (bicyclic) bond motifs is 1. The van der Waals surface area contributed by atoms with E-state index >= 15 is 0 Å². The molecule has 1 aliphatic heterocycles. The van der Waals surface area contributed by atoms with Gasteiger partial charge in [-0.2, -0.15) is 0 Å². The molecule has 0 saturated heterocycles. The second kappa shape index (κ2) is 8.09. The molecule has 1 aromatic carbocycles. The number of aryl methyl sites for hydroxylation is 1. The normalized spacial score (nSPS) is 16.5. The zero-order valence-electron chi connectivity index (χ0n) is 16.3. The summed E-state index contributed by atoms with van der Waals surface area (Å²) >= 11 is 0. The van der Waals surface area contributed by atoms with E-state index in [0.717, 1.165) is 42.8 Å². The molecular formula is C22H26N4O2. The van der Waals surface area contributed by atoms with E-state index in [0.29, 0.717) is 31.1 Å². The highest BCUT2D eigenvalue weighted by Crippen LogP contribution is 2.38. The number of nitrogens with zero attached hydrogens (tertiary/aromatic N) is 4. The van der Waals surface area contributed by atoms with Gasteiger partial charge in [-0.1, -0.05) is 30.3 Å². The Labute approximate surface area is 165 Å². The first-order valence-corrected chi connectivity index (χ1v) is 10.1. The Balaban J connectivity index is 1.46. The second-order valence-corrected chi connectivity index (χ2v) is 7.59.